The van der Waals surface area contributed by atoms with Crippen molar-refractivity contribution in [1.29, 1.82) is 0 Å². The molecule has 2 nitrogen and oxygen atoms in total. The van der Waals surface area contributed by atoms with Crippen LogP contribution in [-0.2, 0) is 0 Å². The summed E-state index contributed by atoms with van der Waals surface area (Å²) in [5, 5.41) is 11.1. The SMILES string of the molecule is O=C(c1cc(Br)cs1)C1(CO)CCC1. The Bertz CT molecular complexity index is 349. The van der Waals surface area contributed by atoms with Crippen LogP contribution in [0.4, 0.5) is 0 Å². The molecule has 0 saturated heterocycles. The first-order valence-electron chi connectivity index (χ1n) is 4.58. The van der Waals surface area contributed by atoms with Crippen molar-refractivity contribution in [2.24, 2.45) is 5.41 Å². The van der Waals surface area contributed by atoms with Crippen LogP contribution in [-0.4, -0.2) is 17.5 Å². The fourth-order valence-electron chi connectivity index (χ4n) is 1.75. The van der Waals surface area contributed by atoms with Gasteiger partial charge in [0.2, 0.25) is 0 Å². The van der Waals surface area contributed by atoms with Crippen molar-refractivity contribution >= 4 is 33.0 Å². The third kappa shape index (κ3) is 1.55. The highest BCUT2D eigenvalue weighted by molar-refractivity contribution is 9.10. The fourth-order valence-corrected chi connectivity index (χ4v) is 3.24. The molecule has 0 aromatic carbocycles. The number of thiophene rings is 1. The summed E-state index contributed by atoms with van der Waals surface area (Å²) in [6.45, 7) is -0.0125. The summed E-state index contributed by atoms with van der Waals surface area (Å²) in [5.74, 6) is 0.113. The fraction of sp³-hybridized carbons (Fsp3) is 0.500. The first-order valence-corrected chi connectivity index (χ1v) is 6.25. The second-order valence-electron chi connectivity index (χ2n) is 3.75. The molecule has 0 bridgehead atoms. The lowest BCUT2D eigenvalue weighted by Crippen LogP contribution is -2.41. The van der Waals surface area contributed by atoms with Gasteiger partial charge in [-0.2, -0.15) is 0 Å². The molecule has 76 valence electrons. The Kier molecular flexibility index (Phi) is 2.77. The third-order valence-electron chi connectivity index (χ3n) is 2.89. The number of Topliss-reactive ketones (excluding diaryl/α,β-unsaturated/α-hetero) is 1. The maximum Gasteiger partial charge on any atom is 0.181 e. The number of carbonyl (C=O) groups excluding carboxylic acids is 1. The number of aliphatic hydroxyl groups is 1. The van der Waals surface area contributed by atoms with E-state index in [9.17, 15) is 9.90 Å². The summed E-state index contributed by atoms with van der Waals surface area (Å²) in [6, 6.07) is 1.84. The molecule has 0 aliphatic heterocycles. The number of rotatable bonds is 3. The molecular formula is C10H11BrO2S. The van der Waals surface area contributed by atoms with Gasteiger partial charge in [-0.15, -0.1) is 11.3 Å². The van der Waals surface area contributed by atoms with Gasteiger partial charge in [0.05, 0.1) is 16.9 Å². The van der Waals surface area contributed by atoms with Gasteiger partial charge in [0.25, 0.3) is 0 Å². The summed E-state index contributed by atoms with van der Waals surface area (Å²) >= 11 is 4.77. The van der Waals surface area contributed by atoms with Crippen molar-refractivity contribution in [1.82, 2.24) is 0 Å². The van der Waals surface area contributed by atoms with Crippen molar-refractivity contribution in [3.05, 3.63) is 20.8 Å². The van der Waals surface area contributed by atoms with E-state index in [1.54, 1.807) is 0 Å². The first-order chi connectivity index (χ1) is 6.68. The van der Waals surface area contributed by atoms with Crippen LogP contribution in [0.2, 0.25) is 0 Å². The monoisotopic (exact) mass is 274 g/mol. The lowest BCUT2D eigenvalue weighted by atomic mass is 9.66. The van der Waals surface area contributed by atoms with Crippen LogP contribution in [0.1, 0.15) is 28.9 Å². The highest BCUT2D eigenvalue weighted by Gasteiger charge is 2.44. The molecule has 4 heteroatoms. The van der Waals surface area contributed by atoms with E-state index in [4.69, 9.17) is 0 Å². The number of halogens is 1. The quantitative estimate of drug-likeness (QED) is 0.861. The van der Waals surface area contributed by atoms with Gasteiger partial charge in [0.1, 0.15) is 0 Å². The molecular weight excluding hydrogens is 264 g/mol. The molecule has 1 N–H and O–H groups in total. The second kappa shape index (κ2) is 3.76. The van der Waals surface area contributed by atoms with Crippen molar-refractivity contribution in [3.63, 3.8) is 0 Å². The molecule has 1 fully saturated rings. The highest BCUT2D eigenvalue weighted by atomic mass is 79.9. The maximum absolute atomic E-state index is 12.0. The smallest absolute Gasteiger partial charge is 0.181 e. The van der Waals surface area contributed by atoms with Crippen LogP contribution in [0.5, 0.6) is 0 Å². The Labute approximate surface area is 95.1 Å². The summed E-state index contributed by atoms with van der Waals surface area (Å²) in [5.41, 5.74) is -0.454. The largest absolute Gasteiger partial charge is 0.395 e. The number of aliphatic hydroxyl groups excluding tert-OH is 1. The van der Waals surface area contributed by atoms with Gasteiger partial charge >= 0.3 is 0 Å². The second-order valence-corrected chi connectivity index (χ2v) is 5.58. The molecule has 1 aromatic rings. The zero-order chi connectivity index (χ0) is 10.2. The molecule has 0 atom stereocenters. The summed E-state index contributed by atoms with van der Waals surface area (Å²) in [4.78, 5) is 12.8. The average Bonchev–Trinajstić information content (AvgIpc) is 2.50. The number of ketones is 1. The van der Waals surface area contributed by atoms with E-state index in [0.29, 0.717) is 0 Å². The molecule has 1 aliphatic carbocycles. The minimum Gasteiger partial charge on any atom is -0.395 e. The van der Waals surface area contributed by atoms with E-state index < -0.39 is 5.41 Å². The molecule has 0 amide bonds. The highest BCUT2D eigenvalue weighted by Crippen LogP contribution is 2.44. The Morgan fingerprint density at radius 2 is 2.36 bits per heavy atom. The summed E-state index contributed by atoms with van der Waals surface area (Å²) in [6.07, 6.45) is 2.72. The average molecular weight is 275 g/mol. The Hall–Kier alpha value is -0.190. The van der Waals surface area contributed by atoms with Gasteiger partial charge in [-0.1, -0.05) is 6.42 Å². The predicted octanol–water partition coefficient (Wildman–Crippen LogP) is 2.86. The molecule has 1 aromatic heterocycles. The Balaban J connectivity index is 2.23. The Morgan fingerprint density at radius 3 is 2.71 bits per heavy atom. The van der Waals surface area contributed by atoms with E-state index in [0.717, 1.165) is 28.6 Å². The van der Waals surface area contributed by atoms with Crippen LogP contribution < -0.4 is 0 Å². The van der Waals surface area contributed by atoms with Crippen LogP contribution in [0, 0.1) is 5.41 Å². The minimum atomic E-state index is -0.454. The van der Waals surface area contributed by atoms with Gasteiger partial charge in [-0.3, -0.25) is 4.79 Å². The van der Waals surface area contributed by atoms with E-state index in [2.05, 4.69) is 15.9 Å². The van der Waals surface area contributed by atoms with Crippen LogP contribution in [0.25, 0.3) is 0 Å². The standard InChI is InChI=1S/C10H11BrO2S/c11-7-4-8(14-5-7)9(13)10(6-12)2-1-3-10/h4-5,12H,1-3,6H2. The van der Waals surface area contributed by atoms with Gasteiger partial charge in [-0.05, 0) is 34.8 Å². The number of hydrogen-bond acceptors (Lipinski definition) is 3. The lowest BCUT2D eigenvalue weighted by Gasteiger charge is -2.38. The minimum absolute atomic E-state index is 0.0125. The van der Waals surface area contributed by atoms with E-state index >= 15 is 0 Å². The van der Waals surface area contributed by atoms with Crippen molar-refractivity contribution in [2.45, 2.75) is 19.3 Å². The van der Waals surface area contributed by atoms with E-state index in [1.807, 2.05) is 11.4 Å². The molecule has 0 radical (unpaired) electrons. The van der Waals surface area contributed by atoms with Gasteiger partial charge in [0.15, 0.2) is 5.78 Å². The molecule has 1 heterocycles. The van der Waals surface area contributed by atoms with Crippen LogP contribution >= 0.6 is 27.3 Å². The first kappa shape index (κ1) is 10.3. The number of hydrogen-bond donors (Lipinski definition) is 1. The topological polar surface area (TPSA) is 37.3 Å². The molecule has 1 aliphatic rings. The molecule has 14 heavy (non-hydrogen) atoms. The lowest BCUT2D eigenvalue weighted by molar-refractivity contribution is 0.0352. The normalized spacial score (nSPS) is 19.0. The summed E-state index contributed by atoms with van der Waals surface area (Å²) in [7, 11) is 0. The Morgan fingerprint density at radius 1 is 1.64 bits per heavy atom. The maximum atomic E-state index is 12.0. The van der Waals surface area contributed by atoms with Crippen molar-refractivity contribution in [2.75, 3.05) is 6.61 Å². The molecule has 2 rings (SSSR count). The van der Waals surface area contributed by atoms with E-state index in [1.165, 1.54) is 11.3 Å². The number of carbonyl (C=O) groups is 1. The third-order valence-corrected chi connectivity index (χ3v) is 4.58. The van der Waals surface area contributed by atoms with E-state index in [-0.39, 0.29) is 12.4 Å². The predicted molar refractivity (Wildman–Crippen MR) is 59.7 cm³/mol. The molecule has 1 saturated carbocycles. The molecule has 0 spiro atoms. The zero-order valence-corrected chi connectivity index (χ0v) is 10.0. The van der Waals surface area contributed by atoms with Crippen LogP contribution in [0.15, 0.2) is 15.9 Å². The van der Waals surface area contributed by atoms with Crippen molar-refractivity contribution < 1.29 is 9.90 Å². The van der Waals surface area contributed by atoms with Gasteiger partial charge in [-0.25, -0.2) is 0 Å². The van der Waals surface area contributed by atoms with Gasteiger partial charge < -0.3 is 5.11 Å². The van der Waals surface area contributed by atoms with Gasteiger partial charge in [0, 0.05) is 9.85 Å². The van der Waals surface area contributed by atoms with Crippen LogP contribution in [0.3, 0.4) is 0 Å². The zero-order valence-electron chi connectivity index (χ0n) is 7.62. The molecule has 0 unspecified atom stereocenters. The summed E-state index contributed by atoms with van der Waals surface area (Å²) < 4.78 is 0.943. The van der Waals surface area contributed by atoms with Crippen molar-refractivity contribution in [3.8, 4) is 0 Å².